The van der Waals surface area contributed by atoms with E-state index >= 15 is 0 Å². The van der Waals surface area contributed by atoms with Gasteiger partial charge in [0.05, 0.1) is 23.3 Å². The van der Waals surface area contributed by atoms with Gasteiger partial charge in [-0.05, 0) is 36.8 Å². The highest BCUT2D eigenvalue weighted by Crippen LogP contribution is 2.38. The van der Waals surface area contributed by atoms with Crippen LogP contribution >= 0.6 is 0 Å². The Kier molecular flexibility index (Phi) is 4.08. The zero-order valence-corrected chi connectivity index (χ0v) is 14.4. The highest BCUT2D eigenvalue weighted by atomic mass is 16.6. The van der Waals surface area contributed by atoms with Crippen molar-refractivity contribution in [1.82, 2.24) is 15.5 Å². The summed E-state index contributed by atoms with van der Waals surface area (Å²) in [4.78, 5) is 23.0. The van der Waals surface area contributed by atoms with Gasteiger partial charge in [-0.25, -0.2) is 0 Å². The van der Waals surface area contributed by atoms with Crippen LogP contribution in [0.4, 0.5) is 5.69 Å². The lowest BCUT2D eigenvalue weighted by molar-refractivity contribution is -0.384. The first kappa shape index (κ1) is 16.8. The fourth-order valence-corrected chi connectivity index (χ4v) is 3.24. The second-order valence-electron chi connectivity index (χ2n) is 6.08. The SMILES string of the molecule is CCOc1ccc(-c2n[nH]c3c2[C@@H](c2cccc([N+](=O)[O-])c2)NC3=O)cc1. The Morgan fingerprint density at radius 2 is 2.00 bits per heavy atom. The molecule has 1 aliphatic heterocycles. The molecule has 136 valence electrons. The van der Waals surface area contributed by atoms with Crippen molar-refractivity contribution in [2.24, 2.45) is 0 Å². The molecule has 0 bridgehead atoms. The zero-order valence-electron chi connectivity index (χ0n) is 14.4. The molecule has 0 saturated heterocycles. The number of rotatable bonds is 5. The predicted molar refractivity (Wildman–Crippen MR) is 97.6 cm³/mol. The largest absolute Gasteiger partial charge is 0.494 e. The fourth-order valence-electron chi connectivity index (χ4n) is 3.24. The maximum Gasteiger partial charge on any atom is 0.270 e. The summed E-state index contributed by atoms with van der Waals surface area (Å²) in [5, 5.41) is 21.0. The fraction of sp³-hybridized carbons (Fsp3) is 0.158. The quantitative estimate of drug-likeness (QED) is 0.533. The third kappa shape index (κ3) is 2.91. The minimum Gasteiger partial charge on any atom is -0.494 e. The summed E-state index contributed by atoms with van der Waals surface area (Å²) in [6.45, 7) is 2.49. The van der Waals surface area contributed by atoms with E-state index in [1.807, 2.05) is 31.2 Å². The molecule has 1 amide bonds. The van der Waals surface area contributed by atoms with E-state index in [1.54, 1.807) is 12.1 Å². The van der Waals surface area contributed by atoms with E-state index in [2.05, 4.69) is 15.5 Å². The van der Waals surface area contributed by atoms with Crippen molar-refractivity contribution in [2.75, 3.05) is 6.61 Å². The number of H-pyrrole nitrogens is 1. The summed E-state index contributed by atoms with van der Waals surface area (Å²) in [5.74, 6) is 0.462. The van der Waals surface area contributed by atoms with Gasteiger partial charge in [-0.1, -0.05) is 12.1 Å². The molecule has 2 N–H and O–H groups in total. The number of nitro benzene ring substituents is 1. The molecular weight excluding hydrogens is 348 g/mol. The Morgan fingerprint density at radius 1 is 1.22 bits per heavy atom. The Hall–Kier alpha value is -3.68. The van der Waals surface area contributed by atoms with E-state index in [0.29, 0.717) is 29.1 Å². The highest BCUT2D eigenvalue weighted by molar-refractivity contribution is 6.00. The smallest absolute Gasteiger partial charge is 0.270 e. The van der Waals surface area contributed by atoms with Crippen LogP contribution in [0.2, 0.25) is 0 Å². The molecule has 8 nitrogen and oxygen atoms in total. The molecule has 3 aromatic rings. The average Bonchev–Trinajstić information content (AvgIpc) is 3.24. The third-order valence-electron chi connectivity index (χ3n) is 4.45. The normalized spacial score (nSPS) is 15.3. The summed E-state index contributed by atoms with van der Waals surface area (Å²) < 4.78 is 5.46. The number of aromatic nitrogens is 2. The number of amides is 1. The molecular formula is C19H16N4O4. The number of benzene rings is 2. The van der Waals surface area contributed by atoms with Crippen molar-refractivity contribution < 1.29 is 14.5 Å². The second kappa shape index (κ2) is 6.56. The second-order valence-corrected chi connectivity index (χ2v) is 6.08. The Balaban J connectivity index is 1.77. The molecule has 0 aliphatic carbocycles. The van der Waals surface area contributed by atoms with Gasteiger partial charge in [-0.3, -0.25) is 20.0 Å². The maximum atomic E-state index is 12.3. The molecule has 0 radical (unpaired) electrons. The standard InChI is InChI=1S/C19H16N4O4/c1-2-27-14-8-6-11(7-9-14)17-15-16(20-19(24)18(15)22-21-17)12-4-3-5-13(10-12)23(25)26/h3-10,16H,2H2,1H3,(H,20,24)(H,21,22)/t16-/m1/s1. The summed E-state index contributed by atoms with van der Waals surface area (Å²) in [6.07, 6.45) is 0. The van der Waals surface area contributed by atoms with Gasteiger partial charge in [-0.15, -0.1) is 0 Å². The average molecular weight is 364 g/mol. The first-order valence-corrected chi connectivity index (χ1v) is 8.45. The first-order valence-electron chi connectivity index (χ1n) is 8.45. The van der Waals surface area contributed by atoms with Crippen LogP contribution in [0.1, 0.15) is 34.6 Å². The monoisotopic (exact) mass is 364 g/mol. The van der Waals surface area contributed by atoms with Gasteiger partial charge in [0.15, 0.2) is 0 Å². The molecule has 8 heteroatoms. The van der Waals surface area contributed by atoms with Gasteiger partial charge in [0.1, 0.15) is 11.4 Å². The molecule has 2 aromatic carbocycles. The van der Waals surface area contributed by atoms with Crippen LogP contribution in [0, 0.1) is 10.1 Å². The maximum absolute atomic E-state index is 12.3. The van der Waals surface area contributed by atoms with Crippen molar-refractivity contribution in [3.63, 3.8) is 0 Å². The third-order valence-corrected chi connectivity index (χ3v) is 4.45. The van der Waals surface area contributed by atoms with Crippen LogP contribution in [0.3, 0.4) is 0 Å². The van der Waals surface area contributed by atoms with E-state index in [4.69, 9.17) is 4.74 Å². The molecule has 1 atom stereocenters. The Morgan fingerprint density at radius 3 is 2.70 bits per heavy atom. The zero-order chi connectivity index (χ0) is 19.0. The number of ether oxygens (including phenoxy) is 1. The van der Waals surface area contributed by atoms with Gasteiger partial charge in [-0.2, -0.15) is 5.10 Å². The van der Waals surface area contributed by atoms with E-state index in [0.717, 1.165) is 11.3 Å². The molecule has 2 heterocycles. The van der Waals surface area contributed by atoms with Gasteiger partial charge in [0.25, 0.3) is 11.6 Å². The number of nitrogens with one attached hydrogen (secondary N) is 2. The van der Waals surface area contributed by atoms with Crippen LogP contribution in [0.15, 0.2) is 48.5 Å². The first-order chi connectivity index (χ1) is 13.1. The number of carbonyl (C=O) groups is 1. The number of aromatic amines is 1. The summed E-state index contributed by atoms with van der Waals surface area (Å²) in [7, 11) is 0. The molecule has 1 aliphatic rings. The number of carbonyl (C=O) groups excluding carboxylic acids is 1. The molecule has 1 aromatic heterocycles. The summed E-state index contributed by atoms with van der Waals surface area (Å²) in [5.41, 5.74) is 3.11. The lowest BCUT2D eigenvalue weighted by Gasteiger charge is -2.13. The summed E-state index contributed by atoms with van der Waals surface area (Å²) in [6, 6.07) is 13.2. The van der Waals surface area contributed by atoms with Crippen molar-refractivity contribution in [1.29, 1.82) is 0 Å². The lowest BCUT2D eigenvalue weighted by atomic mass is 9.96. The van der Waals surface area contributed by atoms with Crippen LogP contribution in [0.25, 0.3) is 11.3 Å². The van der Waals surface area contributed by atoms with E-state index < -0.39 is 11.0 Å². The molecule has 0 fully saturated rings. The molecule has 0 spiro atoms. The van der Waals surface area contributed by atoms with Crippen molar-refractivity contribution in [3.05, 3.63) is 75.5 Å². The topological polar surface area (TPSA) is 110 Å². The number of nitro groups is 1. The number of fused-ring (bicyclic) bond motifs is 1. The minimum absolute atomic E-state index is 0.0266. The van der Waals surface area contributed by atoms with Gasteiger partial charge in [0, 0.05) is 23.3 Å². The van der Waals surface area contributed by atoms with Crippen LogP contribution in [-0.2, 0) is 0 Å². The minimum atomic E-state index is -0.507. The molecule has 4 rings (SSSR count). The van der Waals surface area contributed by atoms with E-state index in [9.17, 15) is 14.9 Å². The van der Waals surface area contributed by atoms with Gasteiger partial charge in [0.2, 0.25) is 0 Å². The van der Waals surface area contributed by atoms with Gasteiger partial charge >= 0.3 is 0 Å². The van der Waals surface area contributed by atoms with Crippen molar-refractivity contribution in [3.8, 4) is 17.0 Å². The molecule has 0 unspecified atom stereocenters. The van der Waals surface area contributed by atoms with Crippen LogP contribution in [0.5, 0.6) is 5.75 Å². The number of hydrogen-bond donors (Lipinski definition) is 2. The predicted octanol–water partition coefficient (Wildman–Crippen LogP) is 3.22. The highest BCUT2D eigenvalue weighted by Gasteiger charge is 2.35. The Bertz CT molecular complexity index is 1030. The molecule has 0 saturated carbocycles. The number of nitrogens with zero attached hydrogens (tertiary/aromatic N) is 2. The number of non-ortho nitro benzene ring substituents is 1. The Labute approximate surface area is 154 Å². The van der Waals surface area contributed by atoms with E-state index in [1.165, 1.54) is 12.1 Å². The van der Waals surface area contributed by atoms with Crippen molar-refractivity contribution in [2.45, 2.75) is 13.0 Å². The van der Waals surface area contributed by atoms with Crippen molar-refractivity contribution >= 4 is 11.6 Å². The molecule has 27 heavy (non-hydrogen) atoms. The van der Waals surface area contributed by atoms with E-state index in [-0.39, 0.29) is 11.6 Å². The lowest BCUT2D eigenvalue weighted by Crippen LogP contribution is -2.21. The van der Waals surface area contributed by atoms with Gasteiger partial charge < -0.3 is 10.1 Å². The van der Waals surface area contributed by atoms with Crippen LogP contribution < -0.4 is 10.1 Å². The summed E-state index contributed by atoms with van der Waals surface area (Å²) >= 11 is 0. The van der Waals surface area contributed by atoms with Crippen LogP contribution in [-0.4, -0.2) is 27.6 Å². The number of hydrogen-bond acceptors (Lipinski definition) is 5.